The summed E-state index contributed by atoms with van der Waals surface area (Å²) < 4.78 is 0. The van der Waals surface area contributed by atoms with Crippen LogP contribution in [-0.4, -0.2) is 50.9 Å². The Morgan fingerprint density at radius 2 is 1.23 bits per heavy atom. The van der Waals surface area contributed by atoms with Gasteiger partial charge in [0.05, 0.1) is 12.1 Å². The fourth-order valence-electron chi connectivity index (χ4n) is 5.55. The Hall–Kier alpha value is -4.26. The maximum atomic E-state index is 14.7. The average molecular weight is 534 g/mol. The summed E-state index contributed by atoms with van der Waals surface area (Å²) in [5.74, 6) is -0.418. The predicted octanol–water partition coefficient (Wildman–Crippen LogP) is 5.81. The molecule has 204 valence electrons. The first-order valence-electron chi connectivity index (χ1n) is 13.7. The van der Waals surface area contributed by atoms with Gasteiger partial charge in [-0.1, -0.05) is 121 Å². The minimum atomic E-state index is -1.16. The summed E-state index contributed by atoms with van der Waals surface area (Å²) in [7, 11) is 1.73. The van der Waals surface area contributed by atoms with Crippen molar-refractivity contribution in [3.63, 3.8) is 0 Å². The van der Waals surface area contributed by atoms with E-state index in [-0.39, 0.29) is 12.1 Å². The van der Waals surface area contributed by atoms with Gasteiger partial charge in [0.25, 0.3) is 5.91 Å². The van der Waals surface area contributed by atoms with Gasteiger partial charge in [-0.25, -0.2) is 4.79 Å². The van der Waals surface area contributed by atoms with Crippen LogP contribution in [0.4, 0.5) is 4.79 Å². The molecule has 1 N–H and O–H groups in total. The molecule has 40 heavy (non-hydrogen) atoms. The topological polar surface area (TPSA) is 64.1 Å². The molecule has 4 aromatic carbocycles. The highest BCUT2D eigenvalue weighted by molar-refractivity contribution is 5.99. The molecule has 0 bridgehead atoms. The molecule has 3 amide bonds. The lowest BCUT2D eigenvalue weighted by atomic mass is 9.95. The van der Waals surface area contributed by atoms with Gasteiger partial charge < -0.3 is 10.0 Å². The summed E-state index contributed by atoms with van der Waals surface area (Å²) in [6, 6.07) is 36.6. The van der Waals surface area contributed by atoms with E-state index in [9.17, 15) is 14.7 Å². The van der Waals surface area contributed by atoms with Crippen molar-refractivity contribution < 1.29 is 14.7 Å². The van der Waals surface area contributed by atoms with Crippen molar-refractivity contribution in [2.24, 2.45) is 0 Å². The molecule has 1 saturated heterocycles. The summed E-state index contributed by atoms with van der Waals surface area (Å²) in [6.07, 6.45) is -1.16. The number of nitrogens with zero attached hydrogens (tertiary/aromatic N) is 3. The quantitative estimate of drug-likeness (QED) is 0.295. The molecule has 0 spiro atoms. The van der Waals surface area contributed by atoms with Gasteiger partial charge in [0.15, 0.2) is 0 Å². The standard InChI is InChI=1S/C34H35N3O3/c1-25-30(28-19-11-5-12-20-28)37(34(40)35(25)2)33(39)31(32(38)29-21-13-6-14-22-29)36(23-26-15-7-3-8-16-26)24-27-17-9-4-10-18-27/h3-22,25,30-32,38H,23-24H2,1-2H3/t25-,30-,31+,32-/m0/s1. The van der Waals surface area contributed by atoms with E-state index in [0.29, 0.717) is 18.7 Å². The second-order valence-electron chi connectivity index (χ2n) is 10.4. The molecule has 6 heteroatoms. The number of carbonyl (C=O) groups excluding carboxylic acids is 2. The smallest absolute Gasteiger partial charge is 0.327 e. The third-order valence-electron chi connectivity index (χ3n) is 7.78. The van der Waals surface area contributed by atoms with Crippen LogP contribution in [0, 0.1) is 0 Å². The Labute approximate surface area is 236 Å². The SMILES string of the molecule is C[C@H]1[C@@H](c2ccccc2)N(C(=O)[C@@H]([C@@H](O)c2ccccc2)N(Cc2ccccc2)Cc2ccccc2)C(=O)N1C. The van der Waals surface area contributed by atoms with E-state index in [1.165, 1.54) is 4.90 Å². The van der Waals surface area contributed by atoms with Crippen molar-refractivity contribution in [2.45, 2.75) is 44.2 Å². The van der Waals surface area contributed by atoms with Crippen LogP contribution in [0.5, 0.6) is 0 Å². The minimum absolute atomic E-state index is 0.231. The van der Waals surface area contributed by atoms with Gasteiger partial charge >= 0.3 is 6.03 Å². The Morgan fingerprint density at radius 3 is 1.73 bits per heavy atom. The van der Waals surface area contributed by atoms with E-state index in [0.717, 1.165) is 16.7 Å². The van der Waals surface area contributed by atoms with Crippen molar-refractivity contribution in [3.8, 4) is 0 Å². The summed E-state index contributed by atoms with van der Waals surface area (Å²) >= 11 is 0. The Bertz CT molecular complexity index is 1360. The average Bonchev–Trinajstić information content (AvgIpc) is 3.22. The van der Waals surface area contributed by atoms with Gasteiger partial charge in [0.2, 0.25) is 0 Å². The van der Waals surface area contributed by atoms with E-state index in [1.807, 2.05) is 133 Å². The maximum Gasteiger partial charge on any atom is 0.327 e. The highest BCUT2D eigenvalue weighted by Gasteiger charge is 2.49. The van der Waals surface area contributed by atoms with Gasteiger partial charge in [0.1, 0.15) is 12.1 Å². The molecule has 4 atom stereocenters. The Morgan fingerprint density at radius 1 is 0.775 bits per heavy atom. The van der Waals surface area contributed by atoms with Crippen LogP contribution >= 0.6 is 0 Å². The maximum absolute atomic E-state index is 14.7. The van der Waals surface area contributed by atoms with Gasteiger partial charge in [-0.3, -0.25) is 14.6 Å². The second-order valence-corrected chi connectivity index (χ2v) is 10.4. The molecule has 1 aliphatic heterocycles. The van der Waals surface area contributed by atoms with Crippen LogP contribution < -0.4 is 0 Å². The number of aliphatic hydroxyl groups is 1. The zero-order valence-corrected chi connectivity index (χ0v) is 22.9. The zero-order chi connectivity index (χ0) is 28.1. The zero-order valence-electron chi connectivity index (χ0n) is 22.9. The largest absolute Gasteiger partial charge is 0.386 e. The number of amides is 3. The van der Waals surface area contributed by atoms with Gasteiger partial charge in [-0.15, -0.1) is 0 Å². The number of hydrogen-bond acceptors (Lipinski definition) is 4. The van der Waals surface area contributed by atoms with E-state index < -0.39 is 24.1 Å². The van der Waals surface area contributed by atoms with Crippen molar-refractivity contribution in [3.05, 3.63) is 144 Å². The first-order valence-corrected chi connectivity index (χ1v) is 13.7. The number of imide groups is 1. The lowest BCUT2D eigenvalue weighted by Crippen LogP contribution is -2.52. The number of rotatable bonds is 9. The number of urea groups is 1. The molecule has 0 aliphatic carbocycles. The number of aliphatic hydroxyl groups excluding tert-OH is 1. The molecule has 1 heterocycles. The summed E-state index contributed by atoms with van der Waals surface area (Å²) in [5.41, 5.74) is 3.52. The minimum Gasteiger partial charge on any atom is -0.386 e. The number of likely N-dealkylation sites (N-methyl/N-ethyl adjacent to an activating group) is 1. The summed E-state index contributed by atoms with van der Waals surface area (Å²) in [6.45, 7) is 2.79. The first kappa shape index (κ1) is 27.3. The molecule has 5 rings (SSSR count). The lowest BCUT2D eigenvalue weighted by molar-refractivity contribution is -0.140. The molecule has 1 aliphatic rings. The Balaban J connectivity index is 1.61. The number of benzene rings is 4. The summed E-state index contributed by atoms with van der Waals surface area (Å²) in [4.78, 5) is 33.4. The molecular formula is C34H35N3O3. The molecule has 6 nitrogen and oxygen atoms in total. The molecular weight excluding hydrogens is 498 g/mol. The third-order valence-corrected chi connectivity index (χ3v) is 7.78. The van der Waals surface area contributed by atoms with Crippen molar-refractivity contribution in [1.29, 1.82) is 0 Å². The first-order chi connectivity index (χ1) is 19.5. The summed E-state index contributed by atoms with van der Waals surface area (Å²) in [5, 5.41) is 11.9. The molecule has 0 aromatic heterocycles. The van der Waals surface area contributed by atoms with Gasteiger partial charge in [-0.2, -0.15) is 0 Å². The van der Waals surface area contributed by atoms with Gasteiger partial charge in [0, 0.05) is 20.1 Å². The predicted molar refractivity (Wildman–Crippen MR) is 156 cm³/mol. The van der Waals surface area contributed by atoms with Gasteiger partial charge in [-0.05, 0) is 29.2 Å². The highest BCUT2D eigenvalue weighted by Crippen LogP contribution is 2.37. The van der Waals surface area contributed by atoms with Crippen LogP contribution in [0.3, 0.4) is 0 Å². The van der Waals surface area contributed by atoms with Crippen LogP contribution in [0.1, 0.15) is 41.3 Å². The van der Waals surface area contributed by atoms with Crippen LogP contribution in [0.25, 0.3) is 0 Å². The second kappa shape index (κ2) is 12.3. The Kier molecular flexibility index (Phi) is 8.39. The van der Waals surface area contributed by atoms with E-state index >= 15 is 0 Å². The van der Waals surface area contributed by atoms with Crippen LogP contribution in [0.2, 0.25) is 0 Å². The monoisotopic (exact) mass is 533 g/mol. The van der Waals surface area contributed by atoms with E-state index in [2.05, 4.69) is 0 Å². The fourth-order valence-corrected chi connectivity index (χ4v) is 5.55. The van der Waals surface area contributed by atoms with Crippen LogP contribution in [-0.2, 0) is 17.9 Å². The third kappa shape index (κ3) is 5.69. The van der Waals surface area contributed by atoms with Crippen molar-refractivity contribution in [2.75, 3.05) is 7.05 Å². The van der Waals surface area contributed by atoms with Crippen LogP contribution in [0.15, 0.2) is 121 Å². The molecule has 0 unspecified atom stereocenters. The number of hydrogen-bond donors (Lipinski definition) is 1. The van der Waals surface area contributed by atoms with Crippen molar-refractivity contribution >= 4 is 11.9 Å². The van der Waals surface area contributed by atoms with Crippen molar-refractivity contribution in [1.82, 2.24) is 14.7 Å². The molecule has 0 saturated carbocycles. The fraction of sp³-hybridized carbons (Fsp3) is 0.235. The molecule has 1 fully saturated rings. The lowest BCUT2D eigenvalue weighted by Gasteiger charge is -2.37. The molecule has 4 aromatic rings. The highest BCUT2D eigenvalue weighted by atomic mass is 16.3. The number of carbonyl (C=O) groups is 2. The van der Waals surface area contributed by atoms with E-state index in [4.69, 9.17) is 0 Å². The molecule has 0 radical (unpaired) electrons. The normalized spacial score (nSPS) is 18.6. The van der Waals surface area contributed by atoms with E-state index in [1.54, 1.807) is 11.9 Å².